The molecule has 0 N–H and O–H groups in total. The van der Waals surface area contributed by atoms with Crippen molar-refractivity contribution >= 4 is 0 Å². The summed E-state index contributed by atoms with van der Waals surface area (Å²) in [6, 6.07) is 0. The van der Waals surface area contributed by atoms with Gasteiger partial charge >= 0.3 is 0 Å². The van der Waals surface area contributed by atoms with Gasteiger partial charge in [-0.25, -0.2) is 0 Å². The van der Waals surface area contributed by atoms with Gasteiger partial charge in [0.25, 0.3) is 0 Å². The van der Waals surface area contributed by atoms with Gasteiger partial charge in [-0.1, -0.05) is 32.9 Å². The molecule has 0 heteroatoms. The molecule has 15 heavy (non-hydrogen) atoms. The number of allylic oxidation sites excluding steroid dienone is 1. The molecule has 3 aliphatic carbocycles. The monoisotopic (exact) mass is 204 g/mol. The van der Waals surface area contributed by atoms with Crippen LogP contribution < -0.4 is 0 Å². The Labute approximate surface area is 94.1 Å². The zero-order valence-corrected chi connectivity index (χ0v) is 10.4. The van der Waals surface area contributed by atoms with Crippen LogP contribution in [0.2, 0.25) is 0 Å². The van der Waals surface area contributed by atoms with Crippen LogP contribution in [0.25, 0.3) is 0 Å². The molecule has 0 unspecified atom stereocenters. The average Bonchev–Trinajstić information content (AvgIpc) is 2.57. The lowest BCUT2D eigenvalue weighted by Gasteiger charge is -2.42. The minimum Gasteiger partial charge on any atom is -0.0993 e. The maximum absolute atomic E-state index is 4.46. The summed E-state index contributed by atoms with van der Waals surface area (Å²) in [7, 11) is 0. The molecule has 0 radical (unpaired) electrons. The molecule has 0 saturated heterocycles. The van der Waals surface area contributed by atoms with Gasteiger partial charge in [-0.3, -0.25) is 0 Å². The first-order chi connectivity index (χ1) is 7.05. The van der Waals surface area contributed by atoms with Crippen molar-refractivity contribution in [2.45, 2.75) is 46.5 Å². The lowest BCUT2D eigenvalue weighted by molar-refractivity contribution is 0.0739. The highest BCUT2D eigenvalue weighted by molar-refractivity contribution is 5.28. The Morgan fingerprint density at radius 2 is 2.00 bits per heavy atom. The molecular formula is C15H24. The Morgan fingerprint density at radius 3 is 2.67 bits per heavy atom. The predicted octanol–water partition coefficient (Wildman–Crippen LogP) is 4.27. The van der Waals surface area contributed by atoms with E-state index in [4.69, 9.17) is 0 Å². The maximum Gasteiger partial charge on any atom is -0.0138 e. The van der Waals surface area contributed by atoms with Crippen LogP contribution in [0.3, 0.4) is 0 Å². The minimum absolute atomic E-state index is 0.660. The largest absolute Gasteiger partial charge is 0.0993 e. The van der Waals surface area contributed by atoms with E-state index in [1.165, 1.54) is 25.7 Å². The first-order valence-corrected chi connectivity index (χ1v) is 6.74. The Kier molecular flexibility index (Phi) is 1.92. The standard InChI is InChI=1S/C15H24/c1-9(2)11-7-8-15(4)12-5-6-13(15)14(11)10(12)3/h9,11-14H,3,5-8H2,1-2,4H3/t11-,12+,13-,14-,15-/m1/s1. The van der Waals surface area contributed by atoms with E-state index in [9.17, 15) is 0 Å². The number of rotatable bonds is 1. The van der Waals surface area contributed by atoms with E-state index in [1.807, 2.05) is 0 Å². The third-order valence-electron chi connectivity index (χ3n) is 6.05. The molecule has 0 spiro atoms. The van der Waals surface area contributed by atoms with Crippen LogP contribution in [0, 0.1) is 35.0 Å². The molecule has 4 bridgehead atoms. The molecule has 3 aliphatic rings. The molecule has 0 aromatic rings. The van der Waals surface area contributed by atoms with E-state index >= 15 is 0 Å². The van der Waals surface area contributed by atoms with Crippen LogP contribution in [0.5, 0.6) is 0 Å². The van der Waals surface area contributed by atoms with Gasteiger partial charge in [-0.05, 0) is 60.7 Å². The van der Waals surface area contributed by atoms with Gasteiger partial charge in [0.05, 0.1) is 0 Å². The Hall–Kier alpha value is -0.260. The molecule has 0 nitrogen and oxygen atoms in total. The zero-order valence-electron chi connectivity index (χ0n) is 10.4. The van der Waals surface area contributed by atoms with Crippen molar-refractivity contribution in [3.05, 3.63) is 12.2 Å². The SMILES string of the molecule is C=C1[C@@H]2[C@@H](C(C)C)CC[C@@]3(C)[C@@H]2CC[C@@H]13. The van der Waals surface area contributed by atoms with Crippen molar-refractivity contribution in [2.24, 2.45) is 35.0 Å². The highest BCUT2D eigenvalue weighted by Gasteiger charge is 2.61. The van der Waals surface area contributed by atoms with Crippen molar-refractivity contribution in [3.8, 4) is 0 Å². The van der Waals surface area contributed by atoms with Gasteiger partial charge in [-0.15, -0.1) is 0 Å². The summed E-state index contributed by atoms with van der Waals surface area (Å²) < 4.78 is 0. The quantitative estimate of drug-likeness (QED) is 0.559. The molecule has 0 aromatic carbocycles. The van der Waals surface area contributed by atoms with Crippen molar-refractivity contribution < 1.29 is 0 Å². The van der Waals surface area contributed by atoms with Gasteiger partial charge in [0.1, 0.15) is 0 Å². The van der Waals surface area contributed by atoms with E-state index in [2.05, 4.69) is 27.4 Å². The van der Waals surface area contributed by atoms with E-state index in [-0.39, 0.29) is 0 Å². The predicted molar refractivity (Wildman–Crippen MR) is 64.5 cm³/mol. The number of hydrogen-bond acceptors (Lipinski definition) is 0. The molecule has 3 saturated carbocycles. The molecular weight excluding hydrogens is 180 g/mol. The molecule has 3 fully saturated rings. The maximum atomic E-state index is 4.46. The Balaban J connectivity index is 1.99. The van der Waals surface area contributed by atoms with Crippen LogP contribution in [0.1, 0.15) is 46.5 Å². The summed E-state index contributed by atoms with van der Waals surface area (Å²) in [5, 5.41) is 0. The van der Waals surface area contributed by atoms with Gasteiger partial charge in [0.2, 0.25) is 0 Å². The van der Waals surface area contributed by atoms with Crippen molar-refractivity contribution in [1.82, 2.24) is 0 Å². The van der Waals surface area contributed by atoms with Gasteiger partial charge < -0.3 is 0 Å². The van der Waals surface area contributed by atoms with E-state index in [0.29, 0.717) is 5.41 Å². The summed E-state index contributed by atoms with van der Waals surface area (Å²) in [5.41, 5.74) is 2.30. The molecule has 3 rings (SSSR count). The Morgan fingerprint density at radius 1 is 1.27 bits per heavy atom. The molecule has 5 atom stereocenters. The summed E-state index contributed by atoms with van der Waals surface area (Å²) in [6.45, 7) is 11.8. The first kappa shape index (κ1) is 9.93. The summed E-state index contributed by atoms with van der Waals surface area (Å²) >= 11 is 0. The second-order valence-corrected chi connectivity index (χ2v) is 6.79. The summed E-state index contributed by atoms with van der Waals surface area (Å²) in [5.74, 6) is 4.58. The molecule has 0 heterocycles. The topological polar surface area (TPSA) is 0 Å². The highest BCUT2D eigenvalue weighted by Crippen LogP contribution is 2.70. The molecule has 0 amide bonds. The average molecular weight is 204 g/mol. The summed E-state index contributed by atoms with van der Waals surface area (Å²) in [4.78, 5) is 0. The van der Waals surface area contributed by atoms with Crippen molar-refractivity contribution in [2.75, 3.05) is 0 Å². The van der Waals surface area contributed by atoms with E-state index < -0.39 is 0 Å². The lowest BCUT2D eigenvalue weighted by Crippen LogP contribution is -2.35. The zero-order chi connectivity index (χ0) is 10.8. The molecule has 0 aliphatic heterocycles. The first-order valence-electron chi connectivity index (χ1n) is 6.74. The van der Waals surface area contributed by atoms with E-state index in [1.54, 1.807) is 5.57 Å². The second kappa shape index (κ2) is 2.90. The minimum atomic E-state index is 0.660. The third-order valence-corrected chi connectivity index (χ3v) is 6.05. The fraction of sp³-hybridized carbons (Fsp3) is 0.867. The molecule has 0 aromatic heterocycles. The van der Waals surface area contributed by atoms with Crippen LogP contribution >= 0.6 is 0 Å². The van der Waals surface area contributed by atoms with Crippen molar-refractivity contribution in [1.29, 1.82) is 0 Å². The van der Waals surface area contributed by atoms with Gasteiger partial charge in [0, 0.05) is 0 Å². The fourth-order valence-electron chi connectivity index (χ4n) is 5.29. The number of hydrogen-bond donors (Lipinski definition) is 0. The summed E-state index contributed by atoms with van der Waals surface area (Å²) in [6.07, 6.45) is 5.88. The lowest BCUT2D eigenvalue weighted by atomic mass is 9.62. The van der Waals surface area contributed by atoms with Crippen LogP contribution in [0.15, 0.2) is 12.2 Å². The fourth-order valence-corrected chi connectivity index (χ4v) is 5.29. The third kappa shape index (κ3) is 1.04. The smallest absolute Gasteiger partial charge is 0.0138 e. The van der Waals surface area contributed by atoms with Crippen molar-refractivity contribution in [3.63, 3.8) is 0 Å². The second-order valence-electron chi connectivity index (χ2n) is 6.79. The van der Waals surface area contributed by atoms with Crippen LogP contribution in [-0.4, -0.2) is 0 Å². The normalized spacial score (nSPS) is 52.9. The van der Waals surface area contributed by atoms with Crippen LogP contribution in [0.4, 0.5) is 0 Å². The van der Waals surface area contributed by atoms with Gasteiger partial charge in [-0.2, -0.15) is 0 Å². The van der Waals surface area contributed by atoms with Crippen LogP contribution in [-0.2, 0) is 0 Å². The highest BCUT2D eigenvalue weighted by atomic mass is 14.7. The van der Waals surface area contributed by atoms with Gasteiger partial charge in [0.15, 0.2) is 0 Å². The molecule has 84 valence electrons. The Bertz CT molecular complexity index is 301. The van der Waals surface area contributed by atoms with E-state index in [0.717, 1.165) is 29.6 Å².